The van der Waals surface area contributed by atoms with Crippen molar-refractivity contribution in [1.29, 1.82) is 0 Å². The third kappa shape index (κ3) is 15.7. The monoisotopic (exact) mass is 1700 g/mol. The van der Waals surface area contributed by atoms with Gasteiger partial charge in [-0.1, -0.05) is 402 Å². The highest BCUT2D eigenvalue weighted by Gasteiger charge is 2.47. The van der Waals surface area contributed by atoms with Crippen LogP contribution in [-0.2, 0) is 54.1 Å². The zero-order chi connectivity index (χ0) is 96.6. The number of rotatable bonds is 9. The van der Waals surface area contributed by atoms with Gasteiger partial charge in [0, 0.05) is 72.2 Å². The molecule has 5 heteroatoms. The minimum absolute atomic E-state index is 0.132. The molecule has 0 fully saturated rings. The molecule has 654 valence electrons. The number of para-hydroxylation sites is 2. The Labute approximate surface area is 779 Å². The second kappa shape index (κ2) is 30.5. The van der Waals surface area contributed by atoms with Gasteiger partial charge in [-0.3, -0.25) is 0 Å². The summed E-state index contributed by atoms with van der Waals surface area (Å²) in [4.78, 5) is 5.30. The predicted molar refractivity (Wildman–Crippen MR) is 563 cm³/mol. The summed E-state index contributed by atoms with van der Waals surface area (Å²) in [5.74, 6) is 0. The molecule has 0 atom stereocenters. The molecule has 0 unspecified atom stereocenters. The van der Waals surface area contributed by atoms with Gasteiger partial charge in [0.1, 0.15) is 0 Å². The van der Waals surface area contributed by atoms with Crippen molar-refractivity contribution in [2.24, 2.45) is 0 Å². The minimum atomic E-state index is -0.533. The molecule has 0 saturated carbocycles. The van der Waals surface area contributed by atoms with Crippen molar-refractivity contribution >= 4 is 101 Å². The molecule has 0 amide bonds. The number of anilines is 6. The highest BCUT2D eigenvalue weighted by molar-refractivity contribution is 7.00. The predicted octanol–water partition coefficient (Wildman–Crippen LogP) is 33.3. The van der Waals surface area contributed by atoms with Crippen LogP contribution in [0.4, 0.5) is 34.1 Å². The van der Waals surface area contributed by atoms with Gasteiger partial charge in [0.2, 0.25) is 0 Å². The van der Waals surface area contributed by atoms with Gasteiger partial charge in [0.15, 0.2) is 0 Å². The molecule has 129 heavy (non-hydrogen) atoms. The molecule has 2 aliphatic heterocycles. The molecule has 16 aromatic rings. The van der Waals surface area contributed by atoms with Crippen molar-refractivity contribution < 1.29 is 6.85 Å². The van der Waals surface area contributed by atoms with Crippen molar-refractivity contribution in [3.8, 4) is 67.0 Å². The van der Waals surface area contributed by atoms with E-state index in [4.69, 9.17) is 1.37 Å². The van der Waals surface area contributed by atoms with E-state index in [9.17, 15) is 5.48 Å². The highest BCUT2D eigenvalue weighted by atomic mass is 15.2. The Bertz CT molecular complexity index is 7300. The molecule has 0 N–H and O–H groups in total. The average Bonchev–Trinajstić information content (AvgIpc) is 0.942. The third-order valence-electron chi connectivity index (χ3n) is 27.9. The van der Waals surface area contributed by atoms with E-state index >= 15 is 0 Å². The fourth-order valence-corrected chi connectivity index (χ4v) is 20.0. The van der Waals surface area contributed by atoms with Gasteiger partial charge < -0.3 is 18.9 Å². The van der Waals surface area contributed by atoms with Crippen molar-refractivity contribution in [3.05, 3.63) is 329 Å². The van der Waals surface area contributed by atoms with Gasteiger partial charge in [-0.15, -0.1) is 0 Å². The normalized spacial score (nSPS) is 14.3. The van der Waals surface area contributed by atoms with E-state index in [1.165, 1.54) is 66.4 Å². The molecule has 4 heterocycles. The maximum atomic E-state index is 10.0. The number of aromatic nitrogens is 2. The lowest BCUT2D eigenvalue weighted by molar-refractivity contribution is 0.568. The van der Waals surface area contributed by atoms with Crippen LogP contribution in [0, 0.1) is 0 Å². The van der Waals surface area contributed by atoms with Gasteiger partial charge in [0.25, 0.3) is 6.71 Å². The van der Waals surface area contributed by atoms with E-state index in [0.29, 0.717) is 5.56 Å². The standard InChI is InChI=1S/C124H135BN4/c1-115(2,3)81-47-42-77(43-48-81)92-38-34-40-94(80-64-88(122(22,23)24)67-89(65-80)123(25,26)27)113(92)129-109-73-90(126-104-60-52-83(117(7,8)9)68-97(104)98-69-84(118(10,11)12)53-61-105(98)126)56-59-103(109)125-102-58-46-79(76-36-32-31-33-37-76)66-108(102)128(110-74-91(75-111(129)112(110)125)127-106-62-54-85(119(13,14)15)70-99(106)100-71-86(120(16,17)18)55-63-107(100)127)114-93(78-44-49-82(50-45-78)116(4,5)6)39-35-41-96(114)95-57-51-87(121(19,20)21)72-101(95)124(28,29)30/h31-75H,1-30H3/i31D,32D,33D,36D,37D. The first-order valence-corrected chi connectivity index (χ1v) is 47.0. The molecule has 14 aromatic carbocycles. The first-order valence-electron chi connectivity index (χ1n) is 49.5. The van der Waals surface area contributed by atoms with E-state index in [2.05, 4.69) is 463 Å². The first-order chi connectivity index (χ1) is 62.4. The van der Waals surface area contributed by atoms with Crippen LogP contribution in [0.1, 0.15) is 270 Å². The van der Waals surface area contributed by atoms with E-state index in [1.54, 1.807) is 0 Å². The van der Waals surface area contributed by atoms with E-state index in [1.807, 2.05) is 6.07 Å². The number of hydrogen-bond acceptors (Lipinski definition) is 2. The van der Waals surface area contributed by atoms with Crippen LogP contribution in [0.2, 0.25) is 0 Å². The van der Waals surface area contributed by atoms with Crippen LogP contribution in [0.3, 0.4) is 0 Å². The van der Waals surface area contributed by atoms with Crippen molar-refractivity contribution in [3.63, 3.8) is 0 Å². The molecule has 0 bridgehead atoms. The fraction of sp³-hybridized carbons (Fsp3) is 0.323. The topological polar surface area (TPSA) is 16.3 Å². The van der Waals surface area contributed by atoms with Crippen molar-refractivity contribution in [2.45, 2.75) is 262 Å². The van der Waals surface area contributed by atoms with Crippen LogP contribution >= 0.6 is 0 Å². The highest BCUT2D eigenvalue weighted by Crippen LogP contribution is 2.57. The second-order valence-corrected chi connectivity index (χ2v) is 47.7. The number of benzene rings is 14. The van der Waals surface area contributed by atoms with E-state index in [-0.39, 0.29) is 83.9 Å². The molecular weight excluding hydrogens is 1560 g/mol. The summed E-state index contributed by atoms with van der Waals surface area (Å²) in [5, 5.41) is 4.72. The summed E-state index contributed by atoms with van der Waals surface area (Å²) in [5.41, 5.74) is 34.6. The Morgan fingerprint density at radius 2 is 0.550 bits per heavy atom. The van der Waals surface area contributed by atoms with Crippen LogP contribution in [0.5, 0.6) is 0 Å². The lowest BCUT2D eigenvalue weighted by Crippen LogP contribution is -2.61. The van der Waals surface area contributed by atoms with E-state index in [0.717, 1.165) is 139 Å². The molecular formula is C124H135BN4. The fourth-order valence-electron chi connectivity index (χ4n) is 20.0. The minimum Gasteiger partial charge on any atom is -0.310 e. The van der Waals surface area contributed by atoms with Crippen LogP contribution < -0.4 is 26.2 Å². The van der Waals surface area contributed by atoms with E-state index < -0.39 is 12.8 Å². The summed E-state index contributed by atoms with van der Waals surface area (Å²) in [7, 11) is 0. The summed E-state index contributed by atoms with van der Waals surface area (Å²) in [6.07, 6.45) is 0. The van der Waals surface area contributed by atoms with Gasteiger partial charge in [-0.05, 0) is 238 Å². The number of nitrogens with zero attached hydrogens (tertiary/aromatic N) is 4. The average molecular weight is 1700 g/mol. The Morgan fingerprint density at radius 3 is 0.946 bits per heavy atom. The molecule has 2 aliphatic rings. The molecule has 4 nitrogen and oxygen atoms in total. The Kier molecular flexibility index (Phi) is 19.3. The largest absolute Gasteiger partial charge is 0.310 e. The van der Waals surface area contributed by atoms with Crippen molar-refractivity contribution in [1.82, 2.24) is 9.13 Å². The number of fused-ring (bicyclic) bond motifs is 10. The summed E-state index contributed by atoms with van der Waals surface area (Å²) < 4.78 is 53.2. The molecule has 0 aliphatic carbocycles. The third-order valence-corrected chi connectivity index (χ3v) is 27.9. The van der Waals surface area contributed by atoms with Gasteiger partial charge >= 0.3 is 0 Å². The smallest absolute Gasteiger partial charge is 0.252 e. The van der Waals surface area contributed by atoms with Crippen LogP contribution in [0.15, 0.2) is 273 Å². The first kappa shape index (κ1) is 81.8. The zero-order valence-electron chi connectivity index (χ0n) is 87.5. The van der Waals surface area contributed by atoms with Crippen LogP contribution in [-0.4, -0.2) is 15.8 Å². The molecule has 18 rings (SSSR count). The maximum Gasteiger partial charge on any atom is 0.252 e. The van der Waals surface area contributed by atoms with Crippen LogP contribution in [0.25, 0.3) is 111 Å². The molecule has 0 saturated heterocycles. The Balaban J connectivity index is 1.11. The lowest BCUT2D eigenvalue weighted by atomic mass is 9.33. The van der Waals surface area contributed by atoms with Gasteiger partial charge in [-0.2, -0.15) is 0 Å². The van der Waals surface area contributed by atoms with Gasteiger partial charge in [-0.25, -0.2) is 0 Å². The zero-order valence-corrected chi connectivity index (χ0v) is 82.5. The van der Waals surface area contributed by atoms with Gasteiger partial charge in [0.05, 0.1) is 46.0 Å². The molecule has 0 spiro atoms. The Morgan fingerprint density at radius 1 is 0.225 bits per heavy atom. The Hall–Kier alpha value is -11.7. The molecule has 0 radical (unpaired) electrons. The SMILES string of the molecule is [2H]c1c([2H])c([2H])c(-c2ccc3c(c2)N(c2c(-c4ccc(C(C)(C)C)cc4)cccc2-c2ccc(C(C)(C)C)cc2C(C)(C)C)c2cc(-n4c5ccc(C(C)(C)C)cc5c5cc(C(C)(C)C)ccc54)cc4c2B3c2ccc(-n3c5ccc(C(C)(C)C)cc5c5cc(C(C)(C)C)ccc53)cc2N4c2c(-c3ccc(C(C)(C)C)cc3)cccc2-c2cc(C(C)(C)C)cc(C(C)(C)C)c2)c([2H])c1[2H]. The van der Waals surface area contributed by atoms with Crippen molar-refractivity contribution in [2.75, 3.05) is 9.80 Å². The quantitative estimate of drug-likeness (QED) is 0.134. The molecule has 2 aromatic heterocycles. The second-order valence-electron chi connectivity index (χ2n) is 47.7. The lowest BCUT2D eigenvalue weighted by Gasteiger charge is -2.46. The summed E-state index contributed by atoms with van der Waals surface area (Å²) in [6.45, 7) is 69.1. The number of hydrogen-bond donors (Lipinski definition) is 0. The maximum absolute atomic E-state index is 10.0. The summed E-state index contributed by atoms with van der Waals surface area (Å²) >= 11 is 0. The summed E-state index contributed by atoms with van der Waals surface area (Å²) in [6, 6.07) is 93.2.